The summed E-state index contributed by atoms with van der Waals surface area (Å²) in [6, 6.07) is 0. The average Bonchev–Trinajstić information content (AvgIpc) is 2.66. The Morgan fingerprint density at radius 3 is 2.70 bits per heavy atom. The zero-order valence-electron chi connectivity index (χ0n) is 13.9. The van der Waals surface area contributed by atoms with Gasteiger partial charge in [-0.05, 0) is 12.8 Å². The Labute approximate surface area is 135 Å². The molecule has 2 saturated carbocycles. The van der Waals surface area contributed by atoms with E-state index in [9.17, 15) is 14.4 Å². The molecule has 0 spiro atoms. The van der Waals surface area contributed by atoms with Crippen molar-refractivity contribution in [2.45, 2.75) is 64.1 Å². The lowest BCUT2D eigenvalue weighted by atomic mass is 9.57. The number of ether oxygens (including phenoxy) is 3. The van der Waals surface area contributed by atoms with Crippen LogP contribution in [-0.4, -0.2) is 36.7 Å². The number of carbonyl (C=O) groups excluding carboxylic acids is 3. The molecule has 2 saturated heterocycles. The monoisotopic (exact) mass is 324 g/mol. The second-order valence-corrected chi connectivity index (χ2v) is 7.43. The Kier molecular flexibility index (Phi) is 3.89. The maximum absolute atomic E-state index is 12.4. The molecular weight excluding hydrogens is 300 g/mol. The molecule has 0 aromatic carbocycles. The van der Waals surface area contributed by atoms with E-state index in [-0.39, 0.29) is 29.9 Å². The van der Waals surface area contributed by atoms with Crippen LogP contribution >= 0.6 is 0 Å². The van der Waals surface area contributed by atoms with Gasteiger partial charge in [-0.15, -0.1) is 0 Å². The molecule has 128 valence electrons. The molecular formula is C17H24O6. The molecule has 4 bridgehead atoms. The van der Waals surface area contributed by atoms with E-state index >= 15 is 0 Å². The Morgan fingerprint density at radius 1 is 1.30 bits per heavy atom. The summed E-state index contributed by atoms with van der Waals surface area (Å²) < 4.78 is 16.4. The van der Waals surface area contributed by atoms with E-state index in [0.29, 0.717) is 38.5 Å². The smallest absolute Gasteiger partial charge is 0.312 e. The molecule has 2 aliphatic heterocycles. The molecule has 0 aromatic heterocycles. The molecule has 6 heteroatoms. The highest BCUT2D eigenvalue weighted by atomic mass is 16.6. The minimum absolute atomic E-state index is 0.199. The summed E-state index contributed by atoms with van der Waals surface area (Å²) >= 11 is 0. The van der Waals surface area contributed by atoms with Crippen molar-refractivity contribution in [2.24, 2.45) is 17.3 Å². The van der Waals surface area contributed by atoms with E-state index in [2.05, 4.69) is 0 Å². The lowest BCUT2D eigenvalue weighted by Crippen LogP contribution is -2.56. The van der Waals surface area contributed by atoms with E-state index in [1.807, 2.05) is 13.8 Å². The lowest BCUT2D eigenvalue weighted by molar-refractivity contribution is -0.196. The standard InChI is InChI=1S/C17H24O6/c1-4-10(2)13(18)23-17-6-11-5-16(9-17,15(20)21-3)7-12(8-17)22-14(11)19/h10-12H,4-9H2,1-3H3. The van der Waals surface area contributed by atoms with Crippen LogP contribution in [0.15, 0.2) is 0 Å². The zero-order valence-corrected chi connectivity index (χ0v) is 13.9. The summed E-state index contributed by atoms with van der Waals surface area (Å²) in [7, 11) is 1.36. The Balaban J connectivity index is 1.94. The van der Waals surface area contributed by atoms with Gasteiger partial charge in [-0.1, -0.05) is 13.8 Å². The van der Waals surface area contributed by atoms with Crippen LogP contribution in [0.2, 0.25) is 0 Å². The normalized spacial score (nSPS) is 39.3. The van der Waals surface area contributed by atoms with E-state index in [4.69, 9.17) is 14.2 Å². The predicted molar refractivity (Wildman–Crippen MR) is 79.2 cm³/mol. The van der Waals surface area contributed by atoms with Crippen LogP contribution in [0.3, 0.4) is 0 Å². The first-order valence-electron chi connectivity index (χ1n) is 8.35. The predicted octanol–water partition coefficient (Wildman–Crippen LogP) is 1.99. The second-order valence-electron chi connectivity index (χ2n) is 7.43. The van der Waals surface area contributed by atoms with Crippen molar-refractivity contribution < 1.29 is 28.6 Å². The molecule has 5 atom stereocenters. The van der Waals surface area contributed by atoms with Crippen molar-refractivity contribution in [1.82, 2.24) is 0 Å². The largest absolute Gasteiger partial charge is 0.469 e. The number of hydrogen-bond acceptors (Lipinski definition) is 6. The lowest BCUT2D eigenvalue weighted by Gasteiger charge is -2.50. The number of carbonyl (C=O) groups is 3. The van der Waals surface area contributed by atoms with Crippen LogP contribution in [0.5, 0.6) is 0 Å². The summed E-state index contributed by atoms with van der Waals surface area (Å²) in [5, 5.41) is 0. The van der Waals surface area contributed by atoms with Gasteiger partial charge in [0.15, 0.2) is 0 Å². The van der Waals surface area contributed by atoms with Crippen molar-refractivity contribution >= 4 is 17.9 Å². The molecule has 0 aromatic rings. The van der Waals surface area contributed by atoms with Gasteiger partial charge in [-0.2, -0.15) is 0 Å². The fourth-order valence-electron chi connectivity index (χ4n) is 4.55. The van der Waals surface area contributed by atoms with Crippen molar-refractivity contribution in [1.29, 1.82) is 0 Å². The van der Waals surface area contributed by atoms with Crippen molar-refractivity contribution in [3.05, 3.63) is 0 Å². The second kappa shape index (κ2) is 5.49. The summed E-state index contributed by atoms with van der Waals surface area (Å²) in [4.78, 5) is 37.0. The fraction of sp³-hybridized carbons (Fsp3) is 0.824. The van der Waals surface area contributed by atoms with Crippen LogP contribution in [0.4, 0.5) is 0 Å². The first-order valence-corrected chi connectivity index (χ1v) is 8.35. The number of esters is 3. The van der Waals surface area contributed by atoms with Gasteiger partial charge in [-0.3, -0.25) is 14.4 Å². The van der Waals surface area contributed by atoms with Gasteiger partial charge < -0.3 is 14.2 Å². The van der Waals surface area contributed by atoms with Gasteiger partial charge in [0.25, 0.3) is 0 Å². The molecule has 2 aliphatic carbocycles. The van der Waals surface area contributed by atoms with E-state index in [1.54, 1.807) is 0 Å². The highest BCUT2D eigenvalue weighted by Gasteiger charge is 2.64. The van der Waals surface area contributed by atoms with Gasteiger partial charge in [0.2, 0.25) is 0 Å². The van der Waals surface area contributed by atoms with Crippen LogP contribution < -0.4 is 0 Å². The van der Waals surface area contributed by atoms with Gasteiger partial charge in [-0.25, -0.2) is 0 Å². The molecule has 4 fully saturated rings. The maximum Gasteiger partial charge on any atom is 0.312 e. The summed E-state index contributed by atoms with van der Waals surface area (Å²) in [5.41, 5.74) is -1.56. The highest BCUT2D eigenvalue weighted by molar-refractivity contribution is 5.82. The quantitative estimate of drug-likeness (QED) is 0.581. The zero-order chi connectivity index (χ0) is 16.8. The van der Waals surface area contributed by atoms with Crippen LogP contribution in [0, 0.1) is 17.3 Å². The third-order valence-electron chi connectivity index (χ3n) is 5.70. The molecule has 0 N–H and O–H groups in total. The molecule has 4 rings (SSSR count). The number of rotatable bonds is 4. The summed E-state index contributed by atoms with van der Waals surface area (Å²) in [6.45, 7) is 3.76. The van der Waals surface area contributed by atoms with Crippen molar-refractivity contribution in [2.75, 3.05) is 7.11 Å². The minimum atomic E-state index is -0.785. The third kappa shape index (κ3) is 2.62. The molecule has 4 aliphatic rings. The van der Waals surface area contributed by atoms with Gasteiger partial charge in [0.1, 0.15) is 11.7 Å². The van der Waals surface area contributed by atoms with Crippen LogP contribution in [-0.2, 0) is 28.6 Å². The van der Waals surface area contributed by atoms with Gasteiger partial charge in [0.05, 0.1) is 24.4 Å². The third-order valence-corrected chi connectivity index (χ3v) is 5.70. The maximum atomic E-state index is 12.4. The Morgan fingerprint density at radius 2 is 2.04 bits per heavy atom. The van der Waals surface area contributed by atoms with Gasteiger partial charge in [0, 0.05) is 25.7 Å². The molecule has 0 radical (unpaired) electrons. The molecule has 0 amide bonds. The topological polar surface area (TPSA) is 78.9 Å². The molecule has 2 heterocycles. The number of fused-ring (bicyclic) bond motifs is 1. The van der Waals surface area contributed by atoms with E-state index in [1.165, 1.54) is 7.11 Å². The van der Waals surface area contributed by atoms with E-state index in [0.717, 1.165) is 0 Å². The van der Waals surface area contributed by atoms with Crippen LogP contribution in [0.25, 0.3) is 0 Å². The number of hydrogen-bond donors (Lipinski definition) is 0. The molecule has 5 unspecified atom stereocenters. The molecule has 23 heavy (non-hydrogen) atoms. The minimum Gasteiger partial charge on any atom is -0.469 e. The van der Waals surface area contributed by atoms with E-state index < -0.39 is 16.9 Å². The summed E-state index contributed by atoms with van der Waals surface area (Å²) in [5.74, 6) is -1.46. The Bertz CT molecular complexity index is 543. The van der Waals surface area contributed by atoms with Crippen molar-refractivity contribution in [3.8, 4) is 0 Å². The first kappa shape index (κ1) is 16.3. The van der Waals surface area contributed by atoms with Crippen molar-refractivity contribution in [3.63, 3.8) is 0 Å². The Hall–Kier alpha value is -1.59. The SMILES string of the molecule is CCC(C)C(=O)OC12CC3CC(C(=O)OC)(CC(C1)C(=O)O3)C2. The average molecular weight is 324 g/mol. The first-order chi connectivity index (χ1) is 10.8. The summed E-state index contributed by atoms with van der Waals surface area (Å²) in [6.07, 6.45) is 2.56. The number of methoxy groups -OCH3 is 1. The highest BCUT2D eigenvalue weighted by Crippen LogP contribution is 2.58. The fourth-order valence-corrected chi connectivity index (χ4v) is 4.55. The van der Waals surface area contributed by atoms with Gasteiger partial charge >= 0.3 is 17.9 Å². The molecule has 6 nitrogen and oxygen atoms in total. The van der Waals surface area contributed by atoms with Crippen LogP contribution in [0.1, 0.15) is 52.4 Å².